The summed E-state index contributed by atoms with van der Waals surface area (Å²) in [5.74, 6) is -0.197. The Morgan fingerprint density at radius 3 is 2.93 bits per heavy atom. The van der Waals surface area contributed by atoms with Gasteiger partial charge in [0.1, 0.15) is 0 Å². The van der Waals surface area contributed by atoms with E-state index in [-0.39, 0.29) is 11.8 Å². The van der Waals surface area contributed by atoms with E-state index in [0.29, 0.717) is 0 Å². The van der Waals surface area contributed by atoms with Crippen LogP contribution in [0.25, 0.3) is 0 Å². The van der Waals surface area contributed by atoms with Crippen LogP contribution in [-0.4, -0.2) is 24.0 Å². The second-order valence-electron chi connectivity index (χ2n) is 3.61. The average Bonchev–Trinajstić information content (AvgIpc) is 2.05. The van der Waals surface area contributed by atoms with Crippen molar-refractivity contribution in [3.63, 3.8) is 0 Å². The molecule has 2 rings (SSSR count). The number of aromatic nitrogens is 1. The Hall–Kier alpha value is -1.58. The van der Waals surface area contributed by atoms with Crippen LogP contribution in [0.4, 0.5) is 5.69 Å². The van der Waals surface area contributed by atoms with Crippen LogP contribution < -0.4 is 10.6 Å². The van der Waals surface area contributed by atoms with Crippen molar-refractivity contribution >= 4 is 11.6 Å². The normalized spacial score (nSPS) is 16.5. The molecule has 14 heavy (non-hydrogen) atoms. The van der Waals surface area contributed by atoms with E-state index in [0.717, 1.165) is 24.5 Å². The van der Waals surface area contributed by atoms with Gasteiger partial charge in [-0.2, -0.15) is 0 Å². The first kappa shape index (κ1) is 8.99. The molecule has 0 bridgehead atoms. The number of carbonyl (C=O) groups excluding carboxylic acids is 1. The van der Waals surface area contributed by atoms with Crippen LogP contribution in [0.15, 0.2) is 18.3 Å². The summed E-state index contributed by atoms with van der Waals surface area (Å²) in [6.07, 6.45) is 1.77. The number of carbonyl (C=O) groups is 1. The standard InChI is InChI=1S/C10H13N3O/c1-7-9(3-2-4-12-7)13-5-8(6-13)10(11)14/h2-4,8H,5-6H2,1H3,(H2,11,14). The number of rotatable bonds is 2. The van der Waals surface area contributed by atoms with Gasteiger partial charge in [-0.3, -0.25) is 9.78 Å². The Morgan fingerprint density at radius 1 is 1.64 bits per heavy atom. The molecule has 0 saturated carbocycles. The summed E-state index contributed by atoms with van der Waals surface area (Å²) in [4.78, 5) is 17.1. The van der Waals surface area contributed by atoms with Gasteiger partial charge in [-0.05, 0) is 19.1 Å². The molecule has 0 atom stereocenters. The van der Waals surface area contributed by atoms with E-state index in [4.69, 9.17) is 5.73 Å². The number of amides is 1. The maximum absolute atomic E-state index is 10.8. The van der Waals surface area contributed by atoms with Gasteiger partial charge in [0.2, 0.25) is 5.91 Å². The van der Waals surface area contributed by atoms with Gasteiger partial charge < -0.3 is 10.6 Å². The van der Waals surface area contributed by atoms with Gasteiger partial charge in [-0.25, -0.2) is 0 Å². The van der Waals surface area contributed by atoms with Gasteiger partial charge >= 0.3 is 0 Å². The number of primary amides is 1. The minimum absolute atomic E-state index is 0.00889. The Bertz CT molecular complexity index is 358. The maximum atomic E-state index is 10.8. The van der Waals surface area contributed by atoms with Gasteiger partial charge in [0.25, 0.3) is 0 Å². The van der Waals surface area contributed by atoms with Crippen molar-refractivity contribution in [2.45, 2.75) is 6.92 Å². The molecule has 0 spiro atoms. The second kappa shape index (κ2) is 3.29. The highest BCUT2D eigenvalue weighted by molar-refractivity contribution is 5.80. The number of hydrogen-bond acceptors (Lipinski definition) is 3. The van der Waals surface area contributed by atoms with E-state index in [9.17, 15) is 4.79 Å². The van der Waals surface area contributed by atoms with Crippen molar-refractivity contribution in [3.8, 4) is 0 Å². The molecule has 1 aromatic heterocycles. The van der Waals surface area contributed by atoms with Crippen LogP contribution in [0.3, 0.4) is 0 Å². The molecular weight excluding hydrogens is 178 g/mol. The monoisotopic (exact) mass is 191 g/mol. The Morgan fingerprint density at radius 2 is 2.36 bits per heavy atom. The molecule has 4 heteroatoms. The zero-order chi connectivity index (χ0) is 10.1. The predicted molar refractivity (Wildman–Crippen MR) is 53.9 cm³/mol. The highest BCUT2D eigenvalue weighted by Crippen LogP contribution is 2.25. The molecule has 2 heterocycles. The average molecular weight is 191 g/mol. The molecule has 0 radical (unpaired) electrons. The van der Waals surface area contributed by atoms with Crippen molar-refractivity contribution in [2.75, 3.05) is 18.0 Å². The van der Waals surface area contributed by atoms with Crippen LogP contribution in [0.5, 0.6) is 0 Å². The number of hydrogen-bond donors (Lipinski definition) is 1. The SMILES string of the molecule is Cc1ncccc1N1CC(C(N)=O)C1. The molecule has 1 fully saturated rings. The zero-order valence-electron chi connectivity index (χ0n) is 8.10. The molecule has 0 unspecified atom stereocenters. The van der Waals surface area contributed by atoms with Crippen molar-refractivity contribution in [1.29, 1.82) is 0 Å². The number of aryl methyl sites for hydroxylation is 1. The first-order valence-electron chi connectivity index (χ1n) is 4.64. The molecule has 74 valence electrons. The fourth-order valence-electron chi connectivity index (χ4n) is 1.67. The van der Waals surface area contributed by atoms with Gasteiger partial charge in [0.05, 0.1) is 17.3 Å². The Labute approximate surface area is 82.7 Å². The zero-order valence-corrected chi connectivity index (χ0v) is 8.10. The topological polar surface area (TPSA) is 59.2 Å². The third-order valence-electron chi connectivity index (χ3n) is 2.60. The van der Waals surface area contributed by atoms with Gasteiger partial charge in [-0.15, -0.1) is 0 Å². The smallest absolute Gasteiger partial charge is 0.224 e. The van der Waals surface area contributed by atoms with E-state index >= 15 is 0 Å². The predicted octanol–water partition coefficient (Wildman–Crippen LogP) is 0.312. The summed E-state index contributed by atoms with van der Waals surface area (Å²) in [6, 6.07) is 3.92. The van der Waals surface area contributed by atoms with Crippen molar-refractivity contribution < 1.29 is 4.79 Å². The Balaban J connectivity index is 2.07. The third kappa shape index (κ3) is 1.43. The first-order valence-corrected chi connectivity index (χ1v) is 4.64. The van der Waals surface area contributed by atoms with Crippen molar-refractivity contribution in [2.24, 2.45) is 11.7 Å². The summed E-state index contributed by atoms with van der Waals surface area (Å²) in [5, 5.41) is 0. The lowest BCUT2D eigenvalue weighted by molar-refractivity contribution is -0.122. The fourth-order valence-corrected chi connectivity index (χ4v) is 1.67. The van der Waals surface area contributed by atoms with Crippen molar-refractivity contribution in [1.82, 2.24) is 4.98 Å². The summed E-state index contributed by atoms with van der Waals surface area (Å²) in [5.41, 5.74) is 7.29. The molecular formula is C10H13N3O. The second-order valence-corrected chi connectivity index (χ2v) is 3.61. The maximum Gasteiger partial charge on any atom is 0.224 e. The molecule has 1 aromatic rings. The van der Waals surface area contributed by atoms with E-state index in [2.05, 4.69) is 9.88 Å². The highest BCUT2D eigenvalue weighted by atomic mass is 16.1. The van der Waals surface area contributed by atoms with Crippen LogP contribution in [0.1, 0.15) is 5.69 Å². The quantitative estimate of drug-likeness (QED) is 0.732. The molecule has 0 aromatic carbocycles. The van der Waals surface area contributed by atoms with Crippen LogP contribution >= 0.6 is 0 Å². The number of pyridine rings is 1. The number of nitrogens with zero attached hydrogens (tertiary/aromatic N) is 2. The minimum Gasteiger partial charge on any atom is -0.369 e. The highest BCUT2D eigenvalue weighted by Gasteiger charge is 2.31. The van der Waals surface area contributed by atoms with Crippen LogP contribution in [0.2, 0.25) is 0 Å². The Kier molecular flexibility index (Phi) is 2.11. The lowest BCUT2D eigenvalue weighted by atomic mass is 9.98. The molecule has 1 amide bonds. The van der Waals surface area contributed by atoms with Crippen molar-refractivity contribution in [3.05, 3.63) is 24.0 Å². The molecule has 1 aliphatic rings. The summed E-state index contributed by atoms with van der Waals surface area (Å²) < 4.78 is 0. The molecule has 1 saturated heterocycles. The molecule has 4 nitrogen and oxygen atoms in total. The summed E-state index contributed by atoms with van der Waals surface area (Å²) in [6.45, 7) is 3.41. The van der Waals surface area contributed by atoms with E-state index in [1.165, 1.54) is 0 Å². The summed E-state index contributed by atoms with van der Waals surface area (Å²) >= 11 is 0. The minimum atomic E-state index is -0.206. The number of anilines is 1. The third-order valence-corrected chi connectivity index (χ3v) is 2.60. The largest absolute Gasteiger partial charge is 0.369 e. The first-order chi connectivity index (χ1) is 6.68. The van der Waals surface area contributed by atoms with Crippen LogP contribution in [0, 0.1) is 12.8 Å². The van der Waals surface area contributed by atoms with E-state index < -0.39 is 0 Å². The molecule has 2 N–H and O–H groups in total. The van der Waals surface area contributed by atoms with E-state index in [1.54, 1.807) is 6.20 Å². The van der Waals surface area contributed by atoms with Crippen LogP contribution in [-0.2, 0) is 4.79 Å². The van der Waals surface area contributed by atoms with Gasteiger partial charge in [0, 0.05) is 19.3 Å². The van der Waals surface area contributed by atoms with Gasteiger partial charge in [-0.1, -0.05) is 0 Å². The summed E-state index contributed by atoms with van der Waals surface area (Å²) in [7, 11) is 0. The molecule has 1 aliphatic heterocycles. The lowest BCUT2D eigenvalue weighted by Gasteiger charge is -2.39. The lowest BCUT2D eigenvalue weighted by Crippen LogP contribution is -2.52. The molecule has 0 aliphatic carbocycles. The fraction of sp³-hybridized carbons (Fsp3) is 0.400. The number of nitrogens with two attached hydrogens (primary N) is 1. The van der Waals surface area contributed by atoms with E-state index in [1.807, 2.05) is 19.1 Å². The van der Waals surface area contributed by atoms with Gasteiger partial charge in [0.15, 0.2) is 0 Å².